The first-order valence-electron chi connectivity index (χ1n) is 6.88. The predicted octanol–water partition coefficient (Wildman–Crippen LogP) is 4.90. The van der Waals surface area contributed by atoms with Gasteiger partial charge in [0.2, 0.25) is 5.82 Å². The van der Waals surface area contributed by atoms with Crippen LogP contribution in [0.3, 0.4) is 0 Å². The molecule has 0 heterocycles. The third-order valence-electron chi connectivity index (χ3n) is 3.32. The minimum absolute atomic E-state index is 0.0728. The number of hydrogen-bond donors (Lipinski definition) is 0. The highest BCUT2D eigenvalue weighted by Crippen LogP contribution is 2.28. The van der Waals surface area contributed by atoms with E-state index in [1.807, 2.05) is 20.8 Å². The van der Waals surface area contributed by atoms with E-state index in [-0.39, 0.29) is 11.2 Å². The zero-order valence-corrected chi connectivity index (χ0v) is 13.0. The fourth-order valence-corrected chi connectivity index (χ4v) is 1.97. The number of rotatable bonds is 2. The molecule has 0 amide bonds. The van der Waals surface area contributed by atoms with Crippen molar-refractivity contribution in [3.8, 4) is 5.75 Å². The van der Waals surface area contributed by atoms with Crippen molar-refractivity contribution in [3.63, 3.8) is 0 Å². The van der Waals surface area contributed by atoms with Gasteiger partial charge in [0, 0.05) is 0 Å². The van der Waals surface area contributed by atoms with Crippen LogP contribution in [0.1, 0.15) is 36.7 Å². The van der Waals surface area contributed by atoms with Gasteiger partial charge in [-0.3, -0.25) is 0 Å². The molecule has 0 aliphatic carbocycles. The van der Waals surface area contributed by atoms with Crippen LogP contribution in [0.25, 0.3) is 0 Å². The topological polar surface area (TPSA) is 26.3 Å². The summed E-state index contributed by atoms with van der Waals surface area (Å²) in [6, 6.07) is 6.07. The quantitative estimate of drug-likeness (QED) is 0.255. The van der Waals surface area contributed by atoms with E-state index < -0.39 is 40.6 Å². The molecule has 0 radical (unpaired) electrons. The lowest BCUT2D eigenvalue weighted by Crippen LogP contribution is -2.18. The van der Waals surface area contributed by atoms with Crippen LogP contribution in [0.15, 0.2) is 24.3 Å². The third kappa shape index (κ3) is 3.25. The number of halogens is 5. The molecule has 24 heavy (non-hydrogen) atoms. The van der Waals surface area contributed by atoms with Crippen molar-refractivity contribution in [2.24, 2.45) is 0 Å². The molecular weight excluding hydrogens is 331 g/mol. The number of esters is 1. The van der Waals surface area contributed by atoms with Gasteiger partial charge in [-0.2, -0.15) is 0 Å². The maximum absolute atomic E-state index is 13.6. The number of benzene rings is 2. The molecule has 0 saturated heterocycles. The van der Waals surface area contributed by atoms with Gasteiger partial charge < -0.3 is 4.74 Å². The molecule has 2 nitrogen and oxygen atoms in total. The van der Waals surface area contributed by atoms with Crippen LogP contribution in [-0.2, 0) is 5.41 Å². The molecule has 0 fully saturated rings. The van der Waals surface area contributed by atoms with Gasteiger partial charge in [-0.15, -0.1) is 0 Å². The molecule has 0 N–H and O–H groups in total. The Morgan fingerprint density at radius 1 is 0.875 bits per heavy atom. The minimum Gasteiger partial charge on any atom is -0.423 e. The lowest BCUT2D eigenvalue weighted by atomic mass is 9.87. The average Bonchev–Trinajstić information content (AvgIpc) is 2.50. The normalized spacial score (nSPS) is 11.5. The van der Waals surface area contributed by atoms with E-state index in [2.05, 4.69) is 0 Å². The molecule has 0 aliphatic rings. The fraction of sp³-hybridized carbons (Fsp3) is 0.235. The van der Waals surface area contributed by atoms with Gasteiger partial charge in [0.05, 0.1) is 0 Å². The average molecular weight is 344 g/mol. The van der Waals surface area contributed by atoms with Gasteiger partial charge in [-0.1, -0.05) is 32.9 Å². The summed E-state index contributed by atoms with van der Waals surface area (Å²) in [6.45, 7) is 5.66. The van der Waals surface area contributed by atoms with Crippen LogP contribution in [0.4, 0.5) is 22.0 Å². The van der Waals surface area contributed by atoms with Crippen LogP contribution < -0.4 is 4.74 Å². The number of hydrogen-bond acceptors (Lipinski definition) is 2. The molecule has 0 aliphatic heterocycles. The Hall–Kier alpha value is -2.44. The van der Waals surface area contributed by atoms with Gasteiger partial charge >= 0.3 is 5.97 Å². The molecule has 2 rings (SSSR count). The van der Waals surface area contributed by atoms with Crippen LogP contribution in [0.2, 0.25) is 0 Å². The highest BCUT2D eigenvalue weighted by atomic mass is 19.2. The van der Waals surface area contributed by atoms with Crippen LogP contribution >= 0.6 is 0 Å². The minimum atomic E-state index is -2.34. The lowest BCUT2D eigenvalue weighted by molar-refractivity contribution is 0.0720. The SMILES string of the molecule is CC(C)(C)c1cccc(OC(=O)c2c(F)c(F)c(F)c(F)c2F)c1. The summed E-state index contributed by atoms with van der Waals surface area (Å²) in [5.74, 6) is -13.0. The summed E-state index contributed by atoms with van der Waals surface area (Å²) in [5.41, 5.74) is -1.18. The lowest BCUT2D eigenvalue weighted by Gasteiger charge is -2.19. The molecular formula is C17H13F5O2. The Labute approximate surface area is 134 Å². The zero-order chi connectivity index (χ0) is 18.2. The second kappa shape index (κ2) is 6.22. The number of carbonyl (C=O) groups excluding carboxylic acids is 1. The second-order valence-electron chi connectivity index (χ2n) is 6.11. The first-order valence-corrected chi connectivity index (χ1v) is 6.88. The van der Waals surface area contributed by atoms with E-state index in [1.54, 1.807) is 12.1 Å². The monoisotopic (exact) mass is 344 g/mol. The molecule has 0 spiro atoms. The van der Waals surface area contributed by atoms with Crippen molar-refractivity contribution >= 4 is 5.97 Å². The summed E-state index contributed by atoms with van der Waals surface area (Å²) in [5, 5.41) is 0. The van der Waals surface area contributed by atoms with Gasteiger partial charge in [-0.25, -0.2) is 26.7 Å². The second-order valence-corrected chi connectivity index (χ2v) is 6.11. The van der Waals surface area contributed by atoms with Crippen molar-refractivity contribution in [2.75, 3.05) is 0 Å². The summed E-state index contributed by atoms with van der Waals surface area (Å²) < 4.78 is 71.3. The van der Waals surface area contributed by atoms with Crippen molar-refractivity contribution < 1.29 is 31.5 Å². The number of ether oxygens (including phenoxy) is 1. The molecule has 0 unspecified atom stereocenters. The largest absolute Gasteiger partial charge is 0.423 e. The van der Waals surface area contributed by atoms with Crippen LogP contribution in [0.5, 0.6) is 5.75 Å². The summed E-state index contributed by atoms with van der Waals surface area (Å²) in [4.78, 5) is 11.9. The Balaban J connectivity index is 2.42. The van der Waals surface area contributed by atoms with E-state index in [4.69, 9.17) is 4.74 Å². The van der Waals surface area contributed by atoms with Gasteiger partial charge in [-0.05, 0) is 23.1 Å². The Kier molecular flexibility index (Phi) is 4.64. The predicted molar refractivity (Wildman–Crippen MR) is 76.3 cm³/mol. The summed E-state index contributed by atoms with van der Waals surface area (Å²) >= 11 is 0. The smallest absolute Gasteiger partial charge is 0.349 e. The van der Waals surface area contributed by atoms with E-state index in [0.29, 0.717) is 0 Å². The Morgan fingerprint density at radius 3 is 1.88 bits per heavy atom. The molecule has 128 valence electrons. The maximum atomic E-state index is 13.6. The van der Waals surface area contributed by atoms with Gasteiger partial charge in [0.15, 0.2) is 23.3 Å². The van der Waals surface area contributed by atoms with Gasteiger partial charge in [0.25, 0.3) is 0 Å². The van der Waals surface area contributed by atoms with E-state index >= 15 is 0 Å². The highest BCUT2D eigenvalue weighted by Gasteiger charge is 2.31. The molecule has 0 saturated carbocycles. The first-order chi connectivity index (χ1) is 11.0. The van der Waals surface area contributed by atoms with E-state index in [9.17, 15) is 26.7 Å². The summed E-state index contributed by atoms with van der Waals surface area (Å²) in [7, 11) is 0. The summed E-state index contributed by atoms with van der Waals surface area (Å²) in [6.07, 6.45) is 0. The molecule has 0 aromatic heterocycles. The maximum Gasteiger partial charge on any atom is 0.349 e. The zero-order valence-electron chi connectivity index (χ0n) is 13.0. The standard InChI is InChI=1S/C17H13F5O2/c1-17(2,3)8-5-4-6-9(7-8)24-16(23)10-11(18)13(20)15(22)14(21)12(10)19/h4-7H,1-3H3. The first kappa shape index (κ1) is 17.9. The van der Waals surface area contributed by atoms with Gasteiger partial charge in [0.1, 0.15) is 11.3 Å². The van der Waals surface area contributed by atoms with Crippen LogP contribution in [-0.4, -0.2) is 5.97 Å². The molecule has 0 atom stereocenters. The van der Waals surface area contributed by atoms with Crippen molar-refractivity contribution in [2.45, 2.75) is 26.2 Å². The van der Waals surface area contributed by atoms with Crippen molar-refractivity contribution in [1.29, 1.82) is 0 Å². The number of carbonyl (C=O) groups is 1. The molecule has 2 aromatic carbocycles. The van der Waals surface area contributed by atoms with Crippen molar-refractivity contribution in [1.82, 2.24) is 0 Å². The highest BCUT2D eigenvalue weighted by molar-refractivity contribution is 5.91. The fourth-order valence-electron chi connectivity index (χ4n) is 1.97. The Morgan fingerprint density at radius 2 is 1.38 bits per heavy atom. The molecule has 2 aromatic rings. The van der Waals surface area contributed by atoms with E-state index in [1.165, 1.54) is 12.1 Å². The molecule has 0 bridgehead atoms. The van der Waals surface area contributed by atoms with Crippen molar-refractivity contribution in [3.05, 3.63) is 64.5 Å². The van der Waals surface area contributed by atoms with E-state index in [0.717, 1.165) is 5.56 Å². The molecule has 7 heteroatoms. The third-order valence-corrected chi connectivity index (χ3v) is 3.32. The Bertz CT molecular complexity index is 780. The van der Waals surface area contributed by atoms with Crippen LogP contribution in [0, 0.1) is 29.1 Å².